The van der Waals surface area contributed by atoms with E-state index in [-0.39, 0.29) is 12.8 Å². The molecule has 1 aromatic carbocycles. The number of carbonyl (C=O) groups excluding carboxylic acids is 1. The van der Waals surface area contributed by atoms with Crippen molar-refractivity contribution in [1.82, 2.24) is 19.7 Å². The molecular weight excluding hydrogens is 385 g/mol. The van der Waals surface area contributed by atoms with E-state index in [9.17, 15) is 4.79 Å². The Kier molecular flexibility index (Phi) is 4.75. The van der Waals surface area contributed by atoms with Crippen LogP contribution in [-0.4, -0.2) is 63.6 Å². The monoisotopic (exact) mass is 409 g/mol. The lowest BCUT2D eigenvalue weighted by atomic mass is 9.91. The lowest BCUT2D eigenvalue weighted by Crippen LogP contribution is -2.56. The molecule has 2 saturated heterocycles. The number of hydrogen-bond donors (Lipinski definition) is 1. The standard InChI is InChI=1S/C22H24FN5O2/c1-27-12-18(11-25-27)15-2-3-16-10-24-20(9-17(16)8-15)26-21(29)22(23)4-6-28(7-5-22)19-13-30-14-19/h2-3,8-12,19H,4-7,13-14H2,1H3,(H,24,26,29). The van der Waals surface area contributed by atoms with Crippen LogP contribution in [0.5, 0.6) is 0 Å². The first-order chi connectivity index (χ1) is 14.5. The Balaban J connectivity index is 1.31. The summed E-state index contributed by atoms with van der Waals surface area (Å²) in [5, 5.41) is 8.78. The number of benzene rings is 1. The summed E-state index contributed by atoms with van der Waals surface area (Å²) < 4.78 is 22.3. The smallest absolute Gasteiger partial charge is 0.263 e. The summed E-state index contributed by atoms with van der Waals surface area (Å²) in [4.78, 5) is 19.2. The number of anilines is 1. The number of halogens is 1. The van der Waals surface area contributed by atoms with E-state index in [0.29, 0.717) is 38.2 Å². The van der Waals surface area contributed by atoms with Gasteiger partial charge in [0.25, 0.3) is 5.91 Å². The van der Waals surface area contributed by atoms with E-state index >= 15 is 4.39 Å². The van der Waals surface area contributed by atoms with Crippen LogP contribution in [0.15, 0.2) is 42.9 Å². The molecule has 30 heavy (non-hydrogen) atoms. The minimum Gasteiger partial charge on any atom is -0.378 e. The highest BCUT2D eigenvalue weighted by Gasteiger charge is 2.43. The van der Waals surface area contributed by atoms with Crippen LogP contribution in [0.1, 0.15) is 12.8 Å². The Bertz CT molecular complexity index is 1090. The Hall–Kier alpha value is -2.84. The first kappa shape index (κ1) is 19.1. The van der Waals surface area contributed by atoms with E-state index in [4.69, 9.17) is 4.74 Å². The average Bonchev–Trinajstić information content (AvgIpc) is 3.14. The van der Waals surface area contributed by atoms with Crippen molar-refractivity contribution in [1.29, 1.82) is 0 Å². The van der Waals surface area contributed by atoms with Gasteiger partial charge in [-0.05, 0) is 23.1 Å². The van der Waals surface area contributed by atoms with Crippen molar-refractivity contribution in [2.24, 2.45) is 7.05 Å². The molecule has 0 bridgehead atoms. The molecule has 2 aromatic heterocycles. The normalized spacial score (nSPS) is 19.5. The van der Waals surface area contributed by atoms with E-state index in [1.54, 1.807) is 23.1 Å². The SMILES string of the molecule is Cn1cc(-c2ccc3cnc(NC(=O)C4(F)CCN(C5COC5)CC4)cc3c2)cn1. The maximum Gasteiger partial charge on any atom is 0.263 e. The molecule has 2 fully saturated rings. The van der Waals surface area contributed by atoms with Crippen LogP contribution >= 0.6 is 0 Å². The van der Waals surface area contributed by atoms with Crippen LogP contribution in [-0.2, 0) is 16.6 Å². The van der Waals surface area contributed by atoms with Crippen molar-refractivity contribution >= 4 is 22.5 Å². The molecule has 0 unspecified atom stereocenters. The Morgan fingerprint density at radius 3 is 2.63 bits per heavy atom. The molecule has 3 aromatic rings. The summed E-state index contributed by atoms with van der Waals surface area (Å²) in [6, 6.07) is 8.17. The number of aromatic nitrogens is 3. The number of amides is 1. The lowest BCUT2D eigenvalue weighted by Gasteiger charge is -2.42. The second kappa shape index (κ2) is 7.45. The van der Waals surface area contributed by atoms with Gasteiger partial charge in [-0.2, -0.15) is 5.10 Å². The van der Waals surface area contributed by atoms with Gasteiger partial charge in [-0.3, -0.25) is 14.4 Å². The fraction of sp³-hybridized carbons (Fsp3) is 0.409. The zero-order valence-corrected chi connectivity index (χ0v) is 16.8. The third kappa shape index (κ3) is 3.57. The van der Waals surface area contributed by atoms with Crippen molar-refractivity contribution in [3.63, 3.8) is 0 Å². The van der Waals surface area contributed by atoms with Crippen LogP contribution in [0.2, 0.25) is 0 Å². The molecule has 1 N–H and O–H groups in total. The number of piperidine rings is 1. The van der Waals surface area contributed by atoms with Crippen LogP contribution in [0.4, 0.5) is 10.2 Å². The third-order valence-corrected chi connectivity index (χ3v) is 6.14. The summed E-state index contributed by atoms with van der Waals surface area (Å²) in [6.45, 7) is 2.54. The Morgan fingerprint density at radius 1 is 1.17 bits per heavy atom. The van der Waals surface area contributed by atoms with Gasteiger partial charge in [-0.15, -0.1) is 0 Å². The molecule has 0 aliphatic carbocycles. The van der Waals surface area contributed by atoms with Crippen LogP contribution in [0, 0.1) is 0 Å². The fourth-order valence-electron chi connectivity index (χ4n) is 4.09. The summed E-state index contributed by atoms with van der Waals surface area (Å²) in [6.07, 6.45) is 5.82. The lowest BCUT2D eigenvalue weighted by molar-refractivity contribution is -0.134. The summed E-state index contributed by atoms with van der Waals surface area (Å²) in [7, 11) is 1.87. The predicted octanol–water partition coefficient (Wildman–Crippen LogP) is 2.78. The Morgan fingerprint density at radius 2 is 1.97 bits per heavy atom. The number of rotatable bonds is 4. The number of ether oxygens (including phenoxy) is 1. The maximum absolute atomic E-state index is 15.3. The van der Waals surface area contributed by atoms with Gasteiger partial charge >= 0.3 is 0 Å². The second-order valence-electron chi connectivity index (χ2n) is 8.18. The molecule has 7 nitrogen and oxygen atoms in total. The predicted molar refractivity (Wildman–Crippen MR) is 112 cm³/mol. The molecule has 5 rings (SSSR count). The van der Waals surface area contributed by atoms with E-state index in [0.717, 1.165) is 21.9 Å². The minimum atomic E-state index is -1.87. The number of nitrogens with zero attached hydrogens (tertiary/aromatic N) is 4. The number of pyridine rings is 1. The molecule has 2 aliphatic heterocycles. The van der Waals surface area contributed by atoms with Gasteiger partial charge in [0.1, 0.15) is 5.82 Å². The molecular formula is C22H24FN5O2. The van der Waals surface area contributed by atoms with Crippen molar-refractivity contribution in [2.75, 3.05) is 31.6 Å². The van der Waals surface area contributed by atoms with E-state index in [2.05, 4.69) is 20.3 Å². The molecule has 8 heteroatoms. The topological polar surface area (TPSA) is 72.3 Å². The zero-order chi connectivity index (χ0) is 20.7. The van der Waals surface area contributed by atoms with Crippen LogP contribution in [0.25, 0.3) is 21.9 Å². The zero-order valence-electron chi connectivity index (χ0n) is 16.8. The van der Waals surface area contributed by atoms with Crippen molar-refractivity contribution < 1.29 is 13.9 Å². The van der Waals surface area contributed by atoms with Crippen LogP contribution < -0.4 is 5.32 Å². The number of hydrogen-bond acceptors (Lipinski definition) is 5. The number of fused-ring (bicyclic) bond motifs is 1. The van der Waals surface area contributed by atoms with Gasteiger partial charge in [0.05, 0.1) is 25.5 Å². The number of aryl methyl sites for hydroxylation is 1. The molecule has 0 spiro atoms. The summed E-state index contributed by atoms with van der Waals surface area (Å²) >= 11 is 0. The highest BCUT2D eigenvalue weighted by atomic mass is 19.1. The summed E-state index contributed by atoms with van der Waals surface area (Å²) in [5.41, 5.74) is 0.163. The molecule has 0 atom stereocenters. The third-order valence-electron chi connectivity index (χ3n) is 6.14. The Labute approximate surface area is 173 Å². The number of carbonyl (C=O) groups is 1. The molecule has 2 aliphatic rings. The first-order valence-electron chi connectivity index (χ1n) is 10.2. The van der Waals surface area contributed by atoms with E-state index < -0.39 is 11.6 Å². The maximum atomic E-state index is 15.3. The van der Waals surface area contributed by atoms with Gasteiger partial charge in [-0.1, -0.05) is 12.1 Å². The molecule has 1 amide bonds. The van der Waals surface area contributed by atoms with Gasteiger partial charge < -0.3 is 10.1 Å². The highest BCUT2D eigenvalue weighted by molar-refractivity contribution is 5.98. The van der Waals surface area contributed by atoms with Crippen molar-refractivity contribution in [3.8, 4) is 11.1 Å². The average molecular weight is 409 g/mol. The van der Waals surface area contributed by atoms with Crippen molar-refractivity contribution in [2.45, 2.75) is 24.6 Å². The van der Waals surface area contributed by atoms with Gasteiger partial charge in [0.15, 0.2) is 5.67 Å². The largest absolute Gasteiger partial charge is 0.378 e. The molecule has 156 valence electrons. The van der Waals surface area contributed by atoms with Gasteiger partial charge in [0, 0.05) is 56.3 Å². The second-order valence-corrected chi connectivity index (χ2v) is 8.18. The molecule has 0 radical (unpaired) electrons. The number of likely N-dealkylation sites (tertiary alicyclic amines) is 1. The van der Waals surface area contributed by atoms with Crippen molar-refractivity contribution in [3.05, 3.63) is 42.9 Å². The van der Waals surface area contributed by atoms with Gasteiger partial charge in [-0.25, -0.2) is 9.37 Å². The van der Waals surface area contributed by atoms with Gasteiger partial charge in [0.2, 0.25) is 0 Å². The number of nitrogens with one attached hydrogen (secondary N) is 1. The quantitative estimate of drug-likeness (QED) is 0.718. The van der Waals surface area contributed by atoms with Crippen LogP contribution in [0.3, 0.4) is 0 Å². The minimum absolute atomic E-state index is 0.189. The van der Waals surface area contributed by atoms with E-state index in [1.807, 2.05) is 31.4 Å². The molecule has 0 saturated carbocycles. The first-order valence-corrected chi connectivity index (χ1v) is 10.2. The van der Waals surface area contributed by atoms with E-state index in [1.165, 1.54) is 0 Å². The summed E-state index contributed by atoms with van der Waals surface area (Å²) in [5.74, 6) is -0.245. The molecule has 4 heterocycles. The number of alkyl halides is 1. The highest BCUT2D eigenvalue weighted by Crippen LogP contribution is 2.31. The fourth-order valence-corrected chi connectivity index (χ4v) is 4.09.